The first-order valence-corrected chi connectivity index (χ1v) is 8.90. The first kappa shape index (κ1) is 20.4. The highest BCUT2D eigenvalue weighted by Gasteiger charge is 2.28. The van der Waals surface area contributed by atoms with Crippen LogP contribution < -0.4 is 10.1 Å². The van der Waals surface area contributed by atoms with Crippen LogP contribution in [0.5, 0.6) is 5.75 Å². The van der Waals surface area contributed by atoms with Crippen LogP contribution in [-0.2, 0) is 16.1 Å². The lowest BCUT2D eigenvalue weighted by molar-refractivity contribution is -0.142. The van der Waals surface area contributed by atoms with E-state index in [1.54, 1.807) is 18.2 Å². The zero-order valence-corrected chi connectivity index (χ0v) is 15.9. The minimum atomic E-state index is -0.631. The summed E-state index contributed by atoms with van der Waals surface area (Å²) in [5, 5.41) is 2.60. The van der Waals surface area contributed by atoms with Crippen LogP contribution in [0, 0.1) is 12.7 Å². The summed E-state index contributed by atoms with van der Waals surface area (Å²) in [6.07, 6.45) is 0.455. The fourth-order valence-electron chi connectivity index (χ4n) is 2.81. The predicted octanol–water partition coefficient (Wildman–Crippen LogP) is 3.07. The summed E-state index contributed by atoms with van der Waals surface area (Å²) in [5.74, 6) is -0.277. The third-order valence-electron chi connectivity index (χ3n) is 4.34. The molecular weight excluding hydrogens is 347 g/mol. The van der Waals surface area contributed by atoms with Gasteiger partial charge in [0.1, 0.15) is 17.6 Å². The molecule has 5 nitrogen and oxygen atoms in total. The number of hydrogen-bond acceptors (Lipinski definition) is 3. The number of carbonyl (C=O) groups excluding carboxylic acids is 2. The summed E-state index contributed by atoms with van der Waals surface area (Å²) in [4.78, 5) is 26.6. The van der Waals surface area contributed by atoms with Gasteiger partial charge < -0.3 is 15.0 Å². The Balaban J connectivity index is 2.19. The second-order valence-electron chi connectivity index (χ2n) is 6.24. The van der Waals surface area contributed by atoms with Crippen molar-refractivity contribution in [2.75, 3.05) is 13.7 Å². The second-order valence-corrected chi connectivity index (χ2v) is 6.24. The van der Waals surface area contributed by atoms with Gasteiger partial charge in [0, 0.05) is 13.6 Å². The van der Waals surface area contributed by atoms with E-state index in [0.29, 0.717) is 12.2 Å². The van der Waals surface area contributed by atoms with Crippen LogP contribution >= 0.6 is 0 Å². The number of ether oxygens (including phenoxy) is 1. The topological polar surface area (TPSA) is 58.6 Å². The van der Waals surface area contributed by atoms with E-state index < -0.39 is 6.04 Å². The van der Waals surface area contributed by atoms with Gasteiger partial charge in [-0.1, -0.05) is 37.3 Å². The van der Waals surface area contributed by atoms with Crippen LogP contribution in [0.2, 0.25) is 0 Å². The number of carbonyl (C=O) groups is 2. The van der Waals surface area contributed by atoms with Crippen molar-refractivity contribution in [1.29, 1.82) is 0 Å². The van der Waals surface area contributed by atoms with Gasteiger partial charge in [-0.05, 0) is 42.7 Å². The van der Waals surface area contributed by atoms with Crippen molar-refractivity contribution in [3.05, 3.63) is 65.5 Å². The Morgan fingerprint density at radius 3 is 2.41 bits per heavy atom. The maximum absolute atomic E-state index is 13.2. The number of rotatable bonds is 8. The molecule has 2 amide bonds. The Morgan fingerprint density at radius 1 is 1.15 bits per heavy atom. The summed E-state index contributed by atoms with van der Waals surface area (Å²) in [6.45, 7) is 3.75. The molecule has 144 valence electrons. The van der Waals surface area contributed by atoms with Crippen molar-refractivity contribution in [3.8, 4) is 5.75 Å². The molecule has 0 heterocycles. The van der Waals surface area contributed by atoms with E-state index in [1.807, 2.05) is 32.0 Å². The van der Waals surface area contributed by atoms with Gasteiger partial charge in [0.15, 0.2) is 6.61 Å². The molecule has 2 aromatic carbocycles. The normalized spacial score (nSPS) is 11.6. The predicted molar refractivity (Wildman–Crippen MR) is 102 cm³/mol. The fourth-order valence-corrected chi connectivity index (χ4v) is 2.81. The molecule has 0 bridgehead atoms. The molecule has 0 aromatic heterocycles. The quantitative estimate of drug-likeness (QED) is 0.775. The molecule has 27 heavy (non-hydrogen) atoms. The number of para-hydroxylation sites is 1. The molecule has 0 saturated carbocycles. The van der Waals surface area contributed by atoms with Crippen LogP contribution in [0.3, 0.4) is 0 Å². The van der Waals surface area contributed by atoms with E-state index in [9.17, 15) is 14.0 Å². The number of likely N-dealkylation sites (N-methyl/N-ethyl adjacent to an activating group) is 1. The lowest BCUT2D eigenvalue weighted by Gasteiger charge is -2.30. The van der Waals surface area contributed by atoms with E-state index in [2.05, 4.69) is 5.32 Å². The van der Waals surface area contributed by atoms with Crippen molar-refractivity contribution in [2.45, 2.75) is 32.9 Å². The first-order chi connectivity index (χ1) is 13.0. The number of halogens is 1. The molecule has 6 heteroatoms. The minimum absolute atomic E-state index is 0.181. The Bertz CT molecular complexity index is 777. The van der Waals surface area contributed by atoms with Gasteiger partial charge in [0.2, 0.25) is 5.91 Å². The Hall–Kier alpha value is -2.89. The lowest BCUT2D eigenvalue weighted by Crippen LogP contribution is -2.49. The van der Waals surface area contributed by atoms with Gasteiger partial charge in [0.25, 0.3) is 5.91 Å². The van der Waals surface area contributed by atoms with Gasteiger partial charge in [-0.25, -0.2) is 4.39 Å². The molecule has 1 N–H and O–H groups in total. The molecule has 0 aliphatic heterocycles. The molecule has 0 aliphatic carbocycles. The van der Waals surface area contributed by atoms with E-state index >= 15 is 0 Å². The average molecular weight is 372 g/mol. The van der Waals surface area contributed by atoms with Gasteiger partial charge in [-0.15, -0.1) is 0 Å². The van der Waals surface area contributed by atoms with Gasteiger partial charge in [0.05, 0.1) is 0 Å². The summed E-state index contributed by atoms with van der Waals surface area (Å²) >= 11 is 0. The standard InChI is InChI=1S/C21H25FN2O3/c1-4-18(21(26)23-3)24(13-16-9-11-17(22)12-10-16)20(25)14-27-19-8-6-5-7-15(19)2/h5-12,18H,4,13-14H2,1-3H3,(H,23,26)/t18-/m0/s1. The Kier molecular flexibility index (Phi) is 7.34. The molecular formula is C21H25FN2O3. The number of nitrogens with one attached hydrogen (secondary N) is 1. The van der Waals surface area contributed by atoms with Gasteiger partial charge in [-0.3, -0.25) is 9.59 Å². The van der Waals surface area contributed by atoms with E-state index in [-0.39, 0.29) is 30.8 Å². The lowest BCUT2D eigenvalue weighted by atomic mass is 10.1. The maximum Gasteiger partial charge on any atom is 0.261 e. The second kappa shape index (κ2) is 9.71. The van der Waals surface area contributed by atoms with Crippen LogP contribution in [0.15, 0.2) is 48.5 Å². The fraction of sp³-hybridized carbons (Fsp3) is 0.333. The van der Waals surface area contributed by atoms with Crippen molar-refractivity contribution >= 4 is 11.8 Å². The molecule has 0 spiro atoms. The van der Waals surface area contributed by atoms with E-state index in [1.165, 1.54) is 24.1 Å². The number of amides is 2. The summed E-state index contributed by atoms with van der Waals surface area (Å²) in [6, 6.07) is 12.7. The number of nitrogens with zero attached hydrogens (tertiary/aromatic N) is 1. The average Bonchev–Trinajstić information content (AvgIpc) is 2.68. The molecule has 1 atom stereocenters. The van der Waals surface area contributed by atoms with E-state index in [0.717, 1.165) is 11.1 Å². The highest BCUT2D eigenvalue weighted by atomic mass is 19.1. The SMILES string of the molecule is CC[C@@H](C(=O)NC)N(Cc1ccc(F)cc1)C(=O)COc1ccccc1C. The van der Waals surface area contributed by atoms with Crippen LogP contribution in [-0.4, -0.2) is 36.4 Å². The number of hydrogen-bond donors (Lipinski definition) is 1. The zero-order chi connectivity index (χ0) is 19.8. The summed E-state index contributed by atoms with van der Waals surface area (Å²) < 4.78 is 18.8. The molecule has 0 saturated heterocycles. The third kappa shape index (κ3) is 5.54. The summed E-state index contributed by atoms with van der Waals surface area (Å²) in [7, 11) is 1.54. The number of benzene rings is 2. The van der Waals surface area contributed by atoms with Crippen molar-refractivity contribution in [2.24, 2.45) is 0 Å². The molecule has 0 unspecified atom stereocenters. The van der Waals surface area contributed by atoms with Crippen LogP contribution in [0.1, 0.15) is 24.5 Å². The zero-order valence-electron chi connectivity index (χ0n) is 15.9. The first-order valence-electron chi connectivity index (χ1n) is 8.90. The van der Waals surface area contributed by atoms with E-state index in [4.69, 9.17) is 4.74 Å². The minimum Gasteiger partial charge on any atom is -0.484 e. The molecule has 2 rings (SSSR count). The largest absolute Gasteiger partial charge is 0.484 e. The van der Waals surface area contributed by atoms with Crippen molar-refractivity contribution in [1.82, 2.24) is 10.2 Å². The smallest absolute Gasteiger partial charge is 0.261 e. The van der Waals surface area contributed by atoms with Crippen molar-refractivity contribution < 1.29 is 18.7 Å². The Morgan fingerprint density at radius 2 is 1.81 bits per heavy atom. The third-order valence-corrected chi connectivity index (χ3v) is 4.34. The highest BCUT2D eigenvalue weighted by molar-refractivity contribution is 5.88. The monoisotopic (exact) mass is 372 g/mol. The van der Waals surface area contributed by atoms with Crippen molar-refractivity contribution in [3.63, 3.8) is 0 Å². The molecule has 0 radical (unpaired) electrons. The maximum atomic E-state index is 13.2. The van der Waals surface area contributed by atoms with Crippen LogP contribution in [0.25, 0.3) is 0 Å². The molecule has 2 aromatic rings. The van der Waals surface area contributed by atoms with Gasteiger partial charge in [-0.2, -0.15) is 0 Å². The van der Waals surface area contributed by atoms with Gasteiger partial charge >= 0.3 is 0 Å². The molecule has 0 fully saturated rings. The highest BCUT2D eigenvalue weighted by Crippen LogP contribution is 2.18. The number of aryl methyl sites for hydroxylation is 1. The van der Waals surface area contributed by atoms with Crippen LogP contribution in [0.4, 0.5) is 4.39 Å². The summed E-state index contributed by atoms with van der Waals surface area (Å²) in [5.41, 5.74) is 1.66. The Labute approximate surface area is 159 Å². The molecule has 0 aliphatic rings.